The van der Waals surface area contributed by atoms with Gasteiger partial charge in [0.15, 0.2) is 0 Å². The number of pyridine rings is 1. The number of benzene rings is 8. The number of rotatable bonds is 8. The molecule has 0 fully saturated rings. The van der Waals surface area contributed by atoms with Crippen molar-refractivity contribution in [1.82, 2.24) is 9.55 Å². The Hall–Kier alpha value is -7.89. The quantitative estimate of drug-likeness (QED) is 0.153. The van der Waals surface area contributed by atoms with Crippen LogP contribution in [0.15, 0.2) is 200 Å². The number of fused-ring (bicyclic) bond motifs is 4. The molecule has 298 valence electrons. The fraction of sp³-hybridized carbons (Fsp3) is 0.0702. The fourth-order valence-corrected chi connectivity index (χ4v) is 9.34. The lowest BCUT2D eigenvalue weighted by Gasteiger charge is -2.27. The van der Waals surface area contributed by atoms with Gasteiger partial charge in [-0.3, -0.25) is 4.57 Å². The molecule has 0 radical (unpaired) electrons. The van der Waals surface area contributed by atoms with Crippen molar-refractivity contribution in [3.8, 4) is 50.7 Å². The average molecular weight is 804 g/mol. The molecule has 0 spiro atoms. The Bertz CT molecular complexity index is 3400. The highest BCUT2D eigenvalue weighted by atomic mass is 16.5. The van der Waals surface area contributed by atoms with Gasteiger partial charge in [0.25, 0.3) is 0 Å². The number of para-hydroxylation sites is 4. The van der Waals surface area contributed by atoms with Crippen molar-refractivity contribution in [3.63, 3.8) is 0 Å². The molecule has 10 aromatic rings. The molecule has 0 saturated carbocycles. The van der Waals surface area contributed by atoms with E-state index in [0.717, 1.165) is 89.1 Å². The van der Waals surface area contributed by atoms with Gasteiger partial charge >= 0.3 is 0 Å². The Balaban J connectivity index is 0.977. The molecule has 62 heavy (non-hydrogen) atoms. The van der Waals surface area contributed by atoms with E-state index in [-0.39, 0.29) is 24.1 Å². The number of aryl methyl sites for hydroxylation is 3. The number of anilines is 4. The standard InChI is InChI=1S/C57H44N4O/c1-38-32-39(2)56(40(3)33-38)43-28-31-55(58-36-43)61-51-25-11-10-22-49(51)50-30-29-46(35-54(50)61)62-45-21-14-20-44(34-45)59-37-60(53-27-13-12-26-52(53)59)57-47(41-16-6-4-7-17-41)23-15-24-48(57)42-18-8-5-9-19-42/h4-36H,37H2,1-3H3/i28D,31D,36D. The molecule has 0 bridgehead atoms. The first kappa shape index (κ1) is 33.9. The second kappa shape index (κ2) is 15.3. The number of ether oxygens (including phenoxy) is 1. The summed E-state index contributed by atoms with van der Waals surface area (Å²) in [5.41, 5.74) is 14.8. The number of hydrogen-bond acceptors (Lipinski definition) is 4. The van der Waals surface area contributed by atoms with Gasteiger partial charge in [-0.15, -0.1) is 0 Å². The van der Waals surface area contributed by atoms with Crippen molar-refractivity contribution in [2.45, 2.75) is 20.8 Å². The largest absolute Gasteiger partial charge is 0.457 e. The maximum absolute atomic E-state index is 9.37. The lowest BCUT2D eigenvalue weighted by atomic mass is 9.95. The van der Waals surface area contributed by atoms with E-state index in [4.69, 9.17) is 9.72 Å². The second-order valence-electron chi connectivity index (χ2n) is 16.0. The summed E-state index contributed by atoms with van der Waals surface area (Å²) in [7, 11) is 0. The molecule has 5 heteroatoms. The van der Waals surface area contributed by atoms with E-state index < -0.39 is 0 Å². The van der Waals surface area contributed by atoms with Gasteiger partial charge in [0.2, 0.25) is 0 Å². The SMILES string of the molecule is [2H]c1nc(-n2c3ccccc3c3ccc(Oc4cccc(N5CN(c6c(-c7ccccc7)cccc6-c6ccccc6)c6ccccc65)c4)cc32)c([2H])c([2H])c1-c1c(C)cc(C)cc1C. The summed E-state index contributed by atoms with van der Waals surface area (Å²) in [6.45, 7) is 6.60. The van der Waals surface area contributed by atoms with Crippen LogP contribution in [-0.2, 0) is 0 Å². The van der Waals surface area contributed by atoms with Gasteiger partial charge in [0.1, 0.15) is 24.0 Å². The maximum atomic E-state index is 9.37. The van der Waals surface area contributed by atoms with Gasteiger partial charge < -0.3 is 14.5 Å². The smallest absolute Gasteiger partial charge is 0.137 e. The third-order valence-corrected chi connectivity index (χ3v) is 11.9. The minimum Gasteiger partial charge on any atom is -0.457 e. The van der Waals surface area contributed by atoms with Crippen molar-refractivity contribution in [1.29, 1.82) is 0 Å². The molecule has 0 unspecified atom stereocenters. The Morgan fingerprint density at radius 2 is 1.13 bits per heavy atom. The van der Waals surface area contributed by atoms with Gasteiger partial charge in [-0.05, 0) is 103 Å². The number of hydrogen-bond donors (Lipinski definition) is 0. The summed E-state index contributed by atoms with van der Waals surface area (Å²) >= 11 is 0. The van der Waals surface area contributed by atoms with Gasteiger partial charge in [-0.2, -0.15) is 0 Å². The highest BCUT2D eigenvalue weighted by Gasteiger charge is 2.31. The van der Waals surface area contributed by atoms with Gasteiger partial charge in [-0.1, -0.05) is 133 Å². The molecular formula is C57H44N4O. The first-order chi connectivity index (χ1) is 31.7. The summed E-state index contributed by atoms with van der Waals surface area (Å²) in [6, 6.07) is 62.6. The van der Waals surface area contributed by atoms with E-state index in [0.29, 0.717) is 23.7 Å². The summed E-state index contributed by atoms with van der Waals surface area (Å²) < 4.78 is 36.4. The van der Waals surface area contributed by atoms with E-state index in [1.54, 1.807) is 0 Å². The molecule has 0 amide bonds. The molecule has 3 heterocycles. The molecular weight excluding hydrogens is 757 g/mol. The van der Waals surface area contributed by atoms with E-state index >= 15 is 0 Å². The summed E-state index contributed by atoms with van der Waals surface area (Å²) in [5.74, 6) is 1.51. The predicted molar refractivity (Wildman–Crippen MR) is 258 cm³/mol. The van der Waals surface area contributed by atoms with Crippen molar-refractivity contribution < 1.29 is 8.85 Å². The van der Waals surface area contributed by atoms with Crippen LogP contribution < -0.4 is 14.5 Å². The molecule has 5 nitrogen and oxygen atoms in total. The molecule has 1 aliphatic rings. The Morgan fingerprint density at radius 3 is 1.85 bits per heavy atom. The topological polar surface area (TPSA) is 33.5 Å². The normalized spacial score (nSPS) is 13.0. The van der Waals surface area contributed by atoms with Crippen LogP contribution in [0.5, 0.6) is 11.5 Å². The molecule has 0 aliphatic carbocycles. The minimum absolute atomic E-state index is 0.0212. The van der Waals surface area contributed by atoms with E-state index in [9.17, 15) is 4.11 Å². The van der Waals surface area contributed by atoms with Crippen molar-refractivity contribution >= 4 is 44.6 Å². The monoisotopic (exact) mass is 803 g/mol. The van der Waals surface area contributed by atoms with Crippen LogP contribution in [0.1, 0.15) is 20.8 Å². The molecule has 0 N–H and O–H groups in total. The Kier molecular flexibility index (Phi) is 8.36. The Labute approximate surface area is 366 Å². The first-order valence-corrected chi connectivity index (χ1v) is 21.0. The molecule has 8 aromatic carbocycles. The van der Waals surface area contributed by atoms with Crippen molar-refractivity contribution in [3.05, 3.63) is 217 Å². The maximum Gasteiger partial charge on any atom is 0.137 e. The van der Waals surface area contributed by atoms with Crippen molar-refractivity contribution in [2.75, 3.05) is 16.5 Å². The van der Waals surface area contributed by atoms with Gasteiger partial charge in [0.05, 0.1) is 32.2 Å². The van der Waals surface area contributed by atoms with Crippen LogP contribution in [0.4, 0.5) is 22.7 Å². The zero-order chi connectivity index (χ0) is 44.3. The zero-order valence-electron chi connectivity index (χ0n) is 37.7. The third-order valence-electron chi connectivity index (χ3n) is 11.9. The van der Waals surface area contributed by atoms with Crippen LogP contribution in [0.3, 0.4) is 0 Å². The first-order valence-electron chi connectivity index (χ1n) is 22.5. The van der Waals surface area contributed by atoms with E-state index in [2.05, 4.69) is 143 Å². The average Bonchev–Trinajstić information content (AvgIpc) is 3.87. The Morgan fingerprint density at radius 1 is 0.516 bits per heavy atom. The molecule has 11 rings (SSSR count). The second-order valence-corrected chi connectivity index (χ2v) is 16.0. The van der Waals surface area contributed by atoms with E-state index in [1.165, 1.54) is 0 Å². The third kappa shape index (κ3) is 6.46. The summed E-state index contributed by atoms with van der Waals surface area (Å²) in [5, 5.41) is 1.93. The van der Waals surface area contributed by atoms with Gasteiger partial charge in [-0.25, -0.2) is 4.98 Å². The highest BCUT2D eigenvalue weighted by Crippen LogP contribution is 2.50. The predicted octanol–water partition coefficient (Wildman–Crippen LogP) is 15.1. The fourth-order valence-electron chi connectivity index (χ4n) is 9.34. The van der Waals surface area contributed by atoms with Crippen molar-refractivity contribution in [2.24, 2.45) is 0 Å². The zero-order valence-corrected chi connectivity index (χ0v) is 34.7. The summed E-state index contributed by atoms with van der Waals surface area (Å²) in [4.78, 5) is 9.55. The summed E-state index contributed by atoms with van der Waals surface area (Å²) in [6.07, 6.45) is -0.0342. The minimum atomic E-state index is -0.0423. The number of aromatic nitrogens is 2. The molecule has 1 aliphatic heterocycles. The van der Waals surface area contributed by atoms with E-state index in [1.807, 2.05) is 73.9 Å². The molecule has 0 atom stereocenters. The molecule has 0 saturated heterocycles. The molecule has 2 aromatic heterocycles. The highest BCUT2D eigenvalue weighted by molar-refractivity contribution is 6.09. The van der Waals surface area contributed by atoms with Crippen LogP contribution in [0, 0.1) is 20.8 Å². The van der Waals surface area contributed by atoms with Crippen LogP contribution in [-0.4, -0.2) is 16.2 Å². The lowest BCUT2D eigenvalue weighted by molar-refractivity contribution is 0.483. The number of nitrogens with zero attached hydrogens (tertiary/aromatic N) is 4. The van der Waals surface area contributed by atoms with Gasteiger partial charge in [0, 0.05) is 51.5 Å². The van der Waals surface area contributed by atoms with Crippen LogP contribution in [0.25, 0.3) is 61.0 Å². The van der Waals surface area contributed by atoms with Crippen LogP contribution >= 0.6 is 0 Å². The lowest BCUT2D eigenvalue weighted by Crippen LogP contribution is -2.24. The van der Waals surface area contributed by atoms with Crippen LogP contribution in [0.2, 0.25) is 0 Å².